The maximum absolute atomic E-state index is 5.61. The van der Waals surface area contributed by atoms with Gasteiger partial charge in [-0.1, -0.05) is 0 Å². The Labute approximate surface area is 90.4 Å². The minimum absolute atomic E-state index is 0.604. The fourth-order valence-corrected chi connectivity index (χ4v) is 2.34. The minimum Gasteiger partial charge on any atom is -0.381 e. The lowest BCUT2D eigenvalue weighted by atomic mass is 9.93. The standard InChI is InChI=1S/C11H19N3O/c1-14-11(9-3-6-15-7-4-9)10(2-5-12)8-13-14/h8-9H,2-7,12H2,1H3. The number of nitrogens with two attached hydrogens (primary N) is 1. The van der Waals surface area contributed by atoms with Crippen LogP contribution < -0.4 is 5.73 Å². The van der Waals surface area contributed by atoms with Crippen molar-refractivity contribution in [1.82, 2.24) is 9.78 Å². The predicted molar refractivity (Wildman–Crippen MR) is 58.8 cm³/mol. The van der Waals surface area contributed by atoms with E-state index in [1.807, 2.05) is 17.9 Å². The van der Waals surface area contributed by atoms with E-state index >= 15 is 0 Å². The first-order valence-electron chi connectivity index (χ1n) is 5.61. The molecule has 2 N–H and O–H groups in total. The molecule has 1 aliphatic rings. The fraction of sp³-hybridized carbons (Fsp3) is 0.727. The van der Waals surface area contributed by atoms with Gasteiger partial charge in [-0.2, -0.15) is 5.10 Å². The lowest BCUT2D eigenvalue weighted by molar-refractivity contribution is 0.0835. The molecule has 1 saturated heterocycles. The van der Waals surface area contributed by atoms with Crippen LogP contribution in [-0.4, -0.2) is 29.5 Å². The molecule has 0 spiro atoms. The minimum atomic E-state index is 0.604. The van der Waals surface area contributed by atoms with Gasteiger partial charge in [-0.3, -0.25) is 4.68 Å². The van der Waals surface area contributed by atoms with Gasteiger partial charge in [-0.05, 0) is 31.4 Å². The Morgan fingerprint density at radius 3 is 2.93 bits per heavy atom. The maximum atomic E-state index is 5.61. The van der Waals surface area contributed by atoms with Crippen LogP contribution in [0.25, 0.3) is 0 Å². The Bertz CT molecular complexity index is 316. The third kappa shape index (κ3) is 2.21. The van der Waals surface area contributed by atoms with Crippen molar-refractivity contribution < 1.29 is 4.74 Å². The molecule has 0 saturated carbocycles. The van der Waals surface area contributed by atoms with E-state index in [0.29, 0.717) is 12.5 Å². The third-order valence-corrected chi connectivity index (χ3v) is 3.09. The number of hydrogen-bond acceptors (Lipinski definition) is 3. The zero-order chi connectivity index (χ0) is 10.7. The summed E-state index contributed by atoms with van der Waals surface area (Å²) in [6.07, 6.45) is 5.10. The van der Waals surface area contributed by atoms with Crippen LogP contribution in [0.5, 0.6) is 0 Å². The molecule has 1 aromatic rings. The third-order valence-electron chi connectivity index (χ3n) is 3.09. The van der Waals surface area contributed by atoms with Crippen molar-refractivity contribution in [3.63, 3.8) is 0 Å². The first kappa shape index (κ1) is 10.6. The van der Waals surface area contributed by atoms with E-state index in [-0.39, 0.29) is 0 Å². The molecule has 0 unspecified atom stereocenters. The van der Waals surface area contributed by atoms with E-state index in [1.54, 1.807) is 0 Å². The van der Waals surface area contributed by atoms with E-state index in [0.717, 1.165) is 32.5 Å². The lowest BCUT2D eigenvalue weighted by Crippen LogP contribution is -2.18. The van der Waals surface area contributed by atoms with Gasteiger partial charge in [0.1, 0.15) is 0 Å². The molecule has 2 rings (SSSR count). The Morgan fingerprint density at radius 2 is 2.27 bits per heavy atom. The molecule has 84 valence electrons. The van der Waals surface area contributed by atoms with Gasteiger partial charge in [-0.25, -0.2) is 0 Å². The monoisotopic (exact) mass is 209 g/mol. The van der Waals surface area contributed by atoms with Crippen LogP contribution in [0.3, 0.4) is 0 Å². The van der Waals surface area contributed by atoms with Gasteiger partial charge in [-0.15, -0.1) is 0 Å². The van der Waals surface area contributed by atoms with Crippen molar-refractivity contribution in [3.8, 4) is 0 Å². The molecule has 4 nitrogen and oxygen atoms in total. The summed E-state index contributed by atoms with van der Waals surface area (Å²) in [7, 11) is 2.02. The van der Waals surface area contributed by atoms with Crippen molar-refractivity contribution in [2.24, 2.45) is 12.8 Å². The summed E-state index contributed by atoms with van der Waals surface area (Å²) in [4.78, 5) is 0. The molecule has 0 atom stereocenters. The van der Waals surface area contributed by atoms with E-state index in [4.69, 9.17) is 10.5 Å². The van der Waals surface area contributed by atoms with Crippen LogP contribution in [0.2, 0.25) is 0 Å². The summed E-state index contributed by atoms with van der Waals surface area (Å²) in [5.74, 6) is 0.604. The normalized spacial score (nSPS) is 18.3. The van der Waals surface area contributed by atoms with Crippen LogP contribution in [0.4, 0.5) is 0 Å². The van der Waals surface area contributed by atoms with Crippen molar-refractivity contribution in [2.45, 2.75) is 25.2 Å². The summed E-state index contributed by atoms with van der Waals surface area (Å²) in [5.41, 5.74) is 8.28. The summed E-state index contributed by atoms with van der Waals surface area (Å²) in [6.45, 7) is 2.44. The summed E-state index contributed by atoms with van der Waals surface area (Å²) < 4.78 is 7.38. The van der Waals surface area contributed by atoms with Gasteiger partial charge in [0, 0.05) is 31.9 Å². The van der Waals surface area contributed by atoms with Crippen molar-refractivity contribution in [2.75, 3.05) is 19.8 Å². The number of aryl methyl sites for hydroxylation is 1. The predicted octanol–water partition coefficient (Wildman–Crippen LogP) is 0.815. The average Bonchev–Trinajstić information content (AvgIpc) is 2.62. The van der Waals surface area contributed by atoms with Crippen molar-refractivity contribution in [1.29, 1.82) is 0 Å². The number of hydrogen-bond donors (Lipinski definition) is 1. The van der Waals surface area contributed by atoms with Crippen LogP contribution in [-0.2, 0) is 18.2 Å². The molecule has 1 fully saturated rings. The first-order chi connectivity index (χ1) is 7.33. The summed E-state index contributed by atoms with van der Waals surface area (Å²) >= 11 is 0. The fourth-order valence-electron chi connectivity index (χ4n) is 2.34. The first-order valence-corrected chi connectivity index (χ1v) is 5.61. The molecule has 0 radical (unpaired) electrons. The highest BCUT2D eigenvalue weighted by molar-refractivity contribution is 5.22. The zero-order valence-corrected chi connectivity index (χ0v) is 9.28. The van der Waals surface area contributed by atoms with Gasteiger partial charge in [0.05, 0.1) is 6.20 Å². The highest BCUT2D eigenvalue weighted by Gasteiger charge is 2.21. The quantitative estimate of drug-likeness (QED) is 0.801. The topological polar surface area (TPSA) is 53.1 Å². The van der Waals surface area contributed by atoms with Gasteiger partial charge in [0.15, 0.2) is 0 Å². The molecule has 4 heteroatoms. The van der Waals surface area contributed by atoms with Crippen LogP contribution in [0, 0.1) is 0 Å². The van der Waals surface area contributed by atoms with Crippen molar-refractivity contribution in [3.05, 3.63) is 17.5 Å². The molecule has 0 bridgehead atoms. The average molecular weight is 209 g/mol. The summed E-state index contributed by atoms with van der Waals surface area (Å²) in [6, 6.07) is 0. The highest BCUT2D eigenvalue weighted by atomic mass is 16.5. The maximum Gasteiger partial charge on any atom is 0.0525 e. The van der Waals surface area contributed by atoms with Crippen LogP contribution in [0.15, 0.2) is 6.20 Å². The lowest BCUT2D eigenvalue weighted by Gasteiger charge is -2.23. The Hall–Kier alpha value is -0.870. The van der Waals surface area contributed by atoms with Gasteiger partial charge in [0.25, 0.3) is 0 Å². The second-order valence-electron chi connectivity index (χ2n) is 4.10. The Kier molecular flexibility index (Phi) is 3.38. The largest absolute Gasteiger partial charge is 0.381 e. The molecule has 0 aromatic carbocycles. The molecular formula is C11H19N3O. The molecule has 1 aliphatic heterocycles. The van der Waals surface area contributed by atoms with E-state index in [1.165, 1.54) is 11.3 Å². The highest BCUT2D eigenvalue weighted by Crippen LogP contribution is 2.29. The molecule has 0 aliphatic carbocycles. The van der Waals surface area contributed by atoms with Crippen molar-refractivity contribution >= 4 is 0 Å². The Morgan fingerprint density at radius 1 is 1.53 bits per heavy atom. The molecule has 2 heterocycles. The second kappa shape index (κ2) is 4.77. The van der Waals surface area contributed by atoms with E-state index in [9.17, 15) is 0 Å². The number of aromatic nitrogens is 2. The number of rotatable bonds is 3. The second-order valence-corrected chi connectivity index (χ2v) is 4.10. The molecule has 1 aromatic heterocycles. The van der Waals surface area contributed by atoms with Gasteiger partial charge >= 0.3 is 0 Å². The zero-order valence-electron chi connectivity index (χ0n) is 9.28. The number of ether oxygens (including phenoxy) is 1. The Balaban J connectivity index is 2.19. The summed E-state index contributed by atoms with van der Waals surface area (Å²) in [5, 5.41) is 4.33. The van der Waals surface area contributed by atoms with Crippen LogP contribution >= 0.6 is 0 Å². The SMILES string of the molecule is Cn1ncc(CCN)c1C1CCOCC1. The van der Waals surface area contributed by atoms with Gasteiger partial charge < -0.3 is 10.5 Å². The molecule has 15 heavy (non-hydrogen) atoms. The van der Waals surface area contributed by atoms with Gasteiger partial charge in [0.2, 0.25) is 0 Å². The molecule has 0 amide bonds. The number of nitrogens with zero attached hydrogens (tertiary/aromatic N) is 2. The smallest absolute Gasteiger partial charge is 0.0525 e. The van der Waals surface area contributed by atoms with Crippen LogP contribution in [0.1, 0.15) is 30.0 Å². The van der Waals surface area contributed by atoms with E-state index in [2.05, 4.69) is 5.10 Å². The van der Waals surface area contributed by atoms with E-state index < -0.39 is 0 Å². The molecular weight excluding hydrogens is 190 g/mol.